The summed E-state index contributed by atoms with van der Waals surface area (Å²) in [4.78, 5) is 39.9. The molecule has 146 valence electrons. The van der Waals surface area contributed by atoms with E-state index in [1.54, 1.807) is 17.5 Å². The Morgan fingerprint density at radius 1 is 1.30 bits per heavy atom. The summed E-state index contributed by atoms with van der Waals surface area (Å²) in [5.74, 6) is -1.61. The summed E-state index contributed by atoms with van der Waals surface area (Å²) in [5, 5.41) is 14.4. The summed E-state index contributed by atoms with van der Waals surface area (Å²) in [6, 6.07) is 2.94. The molecular formula is C19H26N4O4. The number of carboxylic acids is 1. The van der Waals surface area contributed by atoms with Crippen LogP contribution in [0.2, 0.25) is 0 Å². The quantitative estimate of drug-likeness (QED) is 0.580. The first-order chi connectivity index (χ1) is 12.8. The molecule has 8 nitrogen and oxygen atoms in total. The molecule has 0 radical (unpaired) electrons. The largest absolute Gasteiger partial charge is 0.480 e. The van der Waals surface area contributed by atoms with Gasteiger partial charge in [0.25, 0.3) is 5.91 Å². The molecule has 2 aromatic heterocycles. The van der Waals surface area contributed by atoms with Crippen LogP contribution in [-0.4, -0.2) is 44.9 Å². The molecule has 0 fully saturated rings. The van der Waals surface area contributed by atoms with E-state index in [1.165, 1.54) is 0 Å². The van der Waals surface area contributed by atoms with E-state index >= 15 is 0 Å². The van der Waals surface area contributed by atoms with Gasteiger partial charge >= 0.3 is 5.97 Å². The van der Waals surface area contributed by atoms with Crippen molar-refractivity contribution in [2.24, 2.45) is 0 Å². The molecule has 2 amide bonds. The Labute approximate surface area is 158 Å². The molecule has 2 aromatic rings. The minimum Gasteiger partial charge on any atom is -0.480 e. The molecule has 0 aliphatic rings. The van der Waals surface area contributed by atoms with Crippen LogP contribution in [0.3, 0.4) is 0 Å². The lowest BCUT2D eigenvalue weighted by Crippen LogP contribution is -2.40. The van der Waals surface area contributed by atoms with Crippen LogP contribution in [0, 0.1) is 13.8 Å². The monoisotopic (exact) mass is 374 g/mol. The van der Waals surface area contributed by atoms with Crippen molar-refractivity contribution in [3.05, 3.63) is 35.3 Å². The number of aryl methyl sites for hydroxylation is 2. The smallest absolute Gasteiger partial charge is 0.326 e. The van der Waals surface area contributed by atoms with Gasteiger partial charge < -0.3 is 15.7 Å². The van der Waals surface area contributed by atoms with Crippen LogP contribution < -0.4 is 10.6 Å². The van der Waals surface area contributed by atoms with Crippen molar-refractivity contribution in [1.29, 1.82) is 0 Å². The first kappa shape index (κ1) is 20.4. The maximum Gasteiger partial charge on any atom is 0.326 e. The molecule has 2 heterocycles. The number of fused-ring (bicyclic) bond motifs is 1. The van der Waals surface area contributed by atoms with Gasteiger partial charge in [-0.05, 0) is 38.3 Å². The van der Waals surface area contributed by atoms with Crippen LogP contribution in [0.5, 0.6) is 0 Å². The predicted molar refractivity (Wildman–Crippen MR) is 101 cm³/mol. The van der Waals surface area contributed by atoms with Gasteiger partial charge in [0.15, 0.2) is 0 Å². The average molecular weight is 374 g/mol. The third-order valence-corrected chi connectivity index (χ3v) is 4.31. The molecule has 0 aliphatic heterocycles. The van der Waals surface area contributed by atoms with Crippen LogP contribution >= 0.6 is 0 Å². The van der Waals surface area contributed by atoms with Gasteiger partial charge in [-0.15, -0.1) is 0 Å². The fraction of sp³-hybridized carbons (Fsp3) is 0.474. The van der Waals surface area contributed by atoms with Crippen molar-refractivity contribution in [3.8, 4) is 0 Å². The molecular weight excluding hydrogens is 348 g/mol. The number of carbonyl (C=O) groups excluding carboxylic acids is 2. The Kier molecular flexibility index (Phi) is 6.92. The molecule has 0 saturated heterocycles. The van der Waals surface area contributed by atoms with Gasteiger partial charge in [-0.25, -0.2) is 9.78 Å². The number of hydrogen-bond acceptors (Lipinski definition) is 4. The highest BCUT2D eigenvalue weighted by Crippen LogP contribution is 2.15. The summed E-state index contributed by atoms with van der Waals surface area (Å²) >= 11 is 0. The number of carbonyl (C=O) groups is 3. The van der Waals surface area contributed by atoms with Gasteiger partial charge in [0, 0.05) is 19.2 Å². The van der Waals surface area contributed by atoms with Crippen molar-refractivity contribution >= 4 is 23.4 Å². The van der Waals surface area contributed by atoms with Gasteiger partial charge in [0.1, 0.15) is 17.4 Å². The summed E-state index contributed by atoms with van der Waals surface area (Å²) in [6.45, 7) is 5.90. The number of aromatic nitrogens is 2. The Hall–Kier alpha value is -2.90. The molecule has 0 aliphatic carbocycles. The molecule has 27 heavy (non-hydrogen) atoms. The second-order valence-electron chi connectivity index (χ2n) is 6.54. The maximum absolute atomic E-state index is 12.5. The van der Waals surface area contributed by atoms with Crippen LogP contribution in [0.4, 0.5) is 0 Å². The number of carboxylic acid groups (broad SMARTS) is 1. The van der Waals surface area contributed by atoms with E-state index in [9.17, 15) is 14.4 Å². The van der Waals surface area contributed by atoms with E-state index < -0.39 is 12.0 Å². The van der Waals surface area contributed by atoms with Crippen molar-refractivity contribution in [2.45, 2.75) is 52.5 Å². The third-order valence-electron chi connectivity index (χ3n) is 4.31. The molecule has 0 spiro atoms. The SMILES string of the molecule is CCCC(NC(=O)CCCNC(=O)c1c(C)nc2c(C)cccn12)C(=O)O. The van der Waals surface area contributed by atoms with Gasteiger partial charge in [0.05, 0.1) is 5.69 Å². The van der Waals surface area contributed by atoms with Crippen LogP contribution in [0.25, 0.3) is 5.65 Å². The highest BCUT2D eigenvalue weighted by molar-refractivity contribution is 5.94. The first-order valence-corrected chi connectivity index (χ1v) is 9.09. The number of aliphatic carboxylic acids is 1. The molecule has 0 saturated carbocycles. The number of rotatable bonds is 9. The Morgan fingerprint density at radius 2 is 2.04 bits per heavy atom. The Balaban J connectivity index is 1.87. The lowest BCUT2D eigenvalue weighted by Gasteiger charge is -2.13. The number of pyridine rings is 1. The van der Waals surface area contributed by atoms with E-state index in [0.29, 0.717) is 37.2 Å². The lowest BCUT2D eigenvalue weighted by atomic mass is 10.1. The maximum atomic E-state index is 12.5. The summed E-state index contributed by atoms with van der Waals surface area (Å²) in [5.41, 5.74) is 2.85. The van der Waals surface area contributed by atoms with Gasteiger partial charge in [-0.2, -0.15) is 0 Å². The minimum absolute atomic E-state index is 0.152. The zero-order valence-corrected chi connectivity index (χ0v) is 15.9. The lowest BCUT2D eigenvalue weighted by molar-refractivity contribution is -0.142. The van der Waals surface area contributed by atoms with E-state index in [2.05, 4.69) is 15.6 Å². The normalized spacial score (nSPS) is 12.0. The van der Waals surface area contributed by atoms with Crippen molar-refractivity contribution in [2.75, 3.05) is 6.54 Å². The van der Waals surface area contributed by atoms with E-state index in [-0.39, 0.29) is 18.2 Å². The molecule has 3 N–H and O–H groups in total. The van der Waals surface area contributed by atoms with E-state index in [4.69, 9.17) is 5.11 Å². The average Bonchev–Trinajstić information content (AvgIpc) is 2.95. The molecule has 8 heteroatoms. The standard InChI is InChI=1S/C19H26N4O4/c1-4-7-14(19(26)27)22-15(24)9-5-10-20-18(25)16-13(3)21-17-12(2)8-6-11-23(16)17/h6,8,11,14H,4-5,7,9-10H2,1-3H3,(H,20,25)(H,22,24)(H,26,27). The fourth-order valence-corrected chi connectivity index (χ4v) is 2.94. The zero-order valence-electron chi connectivity index (χ0n) is 15.9. The van der Waals surface area contributed by atoms with Gasteiger partial charge in [0.2, 0.25) is 5.91 Å². The number of nitrogens with zero attached hydrogens (tertiary/aromatic N) is 2. The first-order valence-electron chi connectivity index (χ1n) is 9.09. The second kappa shape index (κ2) is 9.16. The van der Waals surface area contributed by atoms with Crippen molar-refractivity contribution in [3.63, 3.8) is 0 Å². The molecule has 0 aromatic carbocycles. The summed E-state index contributed by atoms with van der Waals surface area (Å²) < 4.78 is 1.76. The Bertz CT molecular complexity index is 844. The topological polar surface area (TPSA) is 113 Å². The van der Waals surface area contributed by atoms with Crippen LogP contribution in [0.1, 0.15) is 54.4 Å². The molecule has 1 unspecified atom stereocenters. The van der Waals surface area contributed by atoms with E-state index in [0.717, 1.165) is 11.2 Å². The highest BCUT2D eigenvalue weighted by Gasteiger charge is 2.19. The van der Waals surface area contributed by atoms with Gasteiger partial charge in [-0.3, -0.25) is 14.0 Å². The fourth-order valence-electron chi connectivity index (χ4n) is 2.94. The predicted octanol–water partition coefficient (Wildman–Crippen LogP) is 1.83. The molecule has 2 rings (SSSR count). The Morgan fingerprint density at radius 3 is 2.70 bits per heavy atom. The molecule has 0 bridgehead atoms. The van der Waals surface area contributed by atoms with Crippen molar-refractivity contribution in [1.82, 2.24) is 20.0 Å². The van der Waals surface area contributed by atoms with E-state index in [1.807, 2.05) is 26.0 Å². The number of hydrogen-bond donors (Lipinski definition) is 3. The number of nitrogens with one attached hydrogen (secondary N) is 2. The van der Waals surface area contributed by atoms with Crippen molar-refractivity contribution < 1.29 is 19.5 Å². The second-order valence-corrected chi connectivity index (χ2v) is 6.54. The zero-order chi connectivity index (χ0) is 20.0. The van der Waals surface area contributed by atoms with Crippen LogP contribution in [0.15, 0.2) is 18.3 Å². The summed E-state index contributed by atoms with van der Waals surface area (Å²) in [7, 11) is 0. The summed E-state index contributed by atoms with van der Waals surface area (Å²) in [6.07, 6.45) is 3.44. The number of amides is 2. The molecule has 1 atom stereocenters. The number of imidazole rings is 1. The van der Waals surface area contributed by atoms with Gasteiger partial charge in [-0.1, -0.05) is 19.4 Å². The van der Waals surface area contributed by atoms with Crippen LogP contribution in [-0.2, 0) is 9.59 Å². The minimum atomic E-state index is -1.03. The highest BCUT2D eigenvalue weighted by atomic mass is 16.4. The third kappa shape index (κ3) is 5.06.